The molecule has 0 saturated heterocycles. The SMILES string of the molecule is CCN(c1cccc2c1C/C=C/CCc1cc(C)nc(OC)c1CNC2=O)[C@H]1CC[C@H](N(C)C(=O)OC(C)(C)C)CC1. The third kappa shape index (κ3) is 7.44. The molecule has 0 unspecified atom stereocenters. The molecular formula is C34H48N4O4. The molecule has 2 aromatic rings. The van der Waals surface area contributed by atoms with Crippen LogP contribution in [0.5, 0.6) is 5.88 Å². The van der Waals surface area contributed by atoms with E-state index in [1.807, 2.05) is 46.9 Å². The van der Waals surface area contributed by atoms with Gasteiger partial charge in [0.1, 0.15) is 5.60 Å². The van der Waals surface area contributed by atoms with Gasteiger partial charge in [-0.25, -0.2) is 9.78 Å². The van der Waals surface area contributed by atoms with Crippen molar-refractivity contribution in [2.75, 3.05) is 25.6 Å². The molecule has 1 aromatic heterocycles. The number of hydrogen-bond donors (Lipinski definition) is 1. The first-order valence-corrected chi connectivity index (χ1v) is 15.3. The Balaban J connectivity index is 1.55. The molecule has 8 nitrogen and oxygen atoms in total. The molecule has 0 atom stereocenters. The minimum atomic E-state index is -0.506. The van der Waals surface area contributed by atoms with Crippen LogP contribution in [0.3, 0.4) is 0 Å². The summed E-state index contributed by atoms with van der Waals surface area (Å²) in [5, 5.41) is 3.16. The van der Waals surface area contributed by atoms with Crippen LogP contribution in [-0.4, -0.2) is 60.3 Å². The van der Waals surface area contributed by atoms with E-state index in [2.05, 4.69) is 46.4 Å². The number of allylic oxidation sites excluding steroid dienone is 2. The van der Waals surface area contributed by atoms with Gasteiger partial charge < -0.3 is 24.6 Å². The van der Waals surface area contributed by atoms with Gasteiger partial charge in [-0.05, 0) is 109 Å². The number of benzene rings is 1. The Kier molecular flexibility index (Phi) is 10.2. The minimum absolute atomic E-state index is 0.0897. The number of nitrogens with zero attached hydrogens (tertiary/aromatic N) is 3. The minimum Gasteiger partial charge on any atom is -0.481 e. The highest BCUT2D eigenvalue weighted by molar-refractivity contribution is 5.97. The number of hydrogen-bond acceptors (Lipinski definition) is 6. The molecule has 0 bridgehead atoms. The standard InChI is InChI=1S/C34H48N4O4/c1-8-38(26-19-17-25(18-20-26)37(6)33(40)42-34(3,4)5)30-16-12-15-28-27(30)14-11-9-10-13-24-21-23(2)36-32(41-7)29(24)22-35-31(28)39/h9,11-12,15-16,21,25-26H,8,10,13-14,17-20,22H2,1-7H3,(H,35,39)/b11-9+/t25-,26-. The van der Waals surface area contributed by atoms with E-state index in [1.54, 1.807) is 12.0 Å². The van der Waals surface area contributed by atoms with Crippen LogP contribution in [0.15, 0.2) is 36.4 Å². The van der Waals surface area contributed by atoms with Crippen molar-refractivity contribution in [2.45, 2.75) is 104 Å². The number of methoxy groups -OCH3 is 1. The summed E-state index contributed by atoms with van der Waals surface area (Å²) in [6, 6.07) is 8.67. The van der Waals surface area contributed by atoms with E-state index in [9.17, 15) is 9.59 Å². The molecular weight excluding hydrogens is 528 g/mol. The average molecular weight is 577 g/mol. The summed E-state index contributed by atoms with van der Waals surface area (Å²) >= 11 is 0. The molecule has 8 heteroatoms. The molecule has 1 saturated carbocycles. The van der Waals surface area contributed by atoms with Crippen LogP contribution < -0.4 is 15.0 Å². The molecule has 42 heavy (non-hydrogen) atoms. The third-order valence-electron chi connectivity index (χ3n) is 8.38. The van der Waals surface area contributed by atoms with Crippen molar-refractivity contribution in [3.63, 3.8) is 0 Å². The number of carbonyl (C=O) groups excluding carboxylic acids is 2. The number of aryl methyl sites for hydroxylation is 2. The summed E-state index contributed by atoms with van der Waals surface area (Å²) in [5.41, 5.74) is 5.37. The molecule has 1 aliphatic heterocycles. The Bertz CT molecular complexity index is 1290. The molecule has 2 amide bonds. The van der Waals surface area contributed by atoms with Gasteiger partial charge >= 0.3 is 6.09 Å². The van der Waals surface area contributed by atoms with E-state index < -0.39 is 5.60 Å². The maximum absolute atomic E-state index is 13.7. The second-order valence-electron chi connectivity index (χ2n) is 12.5. The number of pyridine rings is 1. The van der Waals surface area contributed by atoms with E-state index >= 15 is 0 Å². The zero-order chi connectivity index (χ0) is 30.4. The van der Waals surface area contributed by atoms with Crippen molar-refractivity contribution in [3.05, 3.63) is 64.4 Å². The predicted molar refractivity (Wildman–Crippen MR) is 167 cm³/mol. The zero-order valence-electron chi connectivity index (χ0n) is 26.5. The number of amides is 2. The maximum atomic E-state index is 13.7. The number of carbonyl (C=O) groups is 2. The van der Waals surface area contributed by atoms with Gasteiger partial charge in [0.25, 0.3) is 5.91 Å². The van der Waals surface area contributed by atoms with Gasteiger partial charge in [-0.3, -0.25) is 4.79 Å². The first-order valence-electron chi connectivity index (χ1n) is 15.3. The summed E-state index contributed by atoms with van der Waals surface area (Å²) < 4.78 is 11.2. The monoisotopic (exact) mass is 576 g/mol. The predicted octanol–water partition coefficient (Wildman–Crippen LogP) is 6.38. The number of ether oxygens (including phenoxy) is 2. The molecule has 228 valence electrons. The van der Waals surface area contributed by atoms with Gasteiger partial charge in [0.15, 0.2) is 0 Å². The van der Waals surface area contributed by atoms with Crippen LogP contribution >= 0.6 is 0 Å². The number of fused-ring (bicyclic) bond motifs is 2. The molecule has 1 aliphatic carbocycles. The van der Waals surface area contributed by atoms with Gasteiger partial charge in [0.05, 0.1) is 7.11 Å². The lowest BCUT2D eigenvalue weighted by Gasteiger charge is -2.41. The van der Waals surface area contributed by atoms with Gasteiger partial charge in [-0.1, -0.05) is 18.2 Å². The fraction of sp³-hybridized carbons (Fsp3) is 0.559. The number of aromatic nitrogens is 1. The number of rotatable bonds is 5. The Morgan fingerprint density at radius 3 is 2.48 bits per heavy atom. The van der Waals surface area contributed by atoms with E-state index in [-0.39, 0.29) is 18.0 Å². The smallest absolute Gasteiger partial charge is 0.410 e. The molecule has 0 spiro atoms. The lowest BCUT2D eigenvalue weighted by molar-refractivity contribution is 0.0183. The van der Waals surface area contributed by atoms with Crippen molar-refractivity contribution in [1.29, 1.82) is 0 Å². The molecule has 1 aromatic carbocycles. The molecule has 2 aliphatic rings. The summed E-state index contributed by atoms with van der Waals surface area (Å²) in [6.07, 6.45) is 10.4. The Hall–Kier alpha value is -3.55. The molecule has 0 radical (unpaired) electrons. The van der Waals surface area contributed by atoms with E-state index in [0.29, 0.717) is 30.5 Å². The van der Waals surface area contributed by atoms with E-state index in [0.717, 1.165) is 73.1 Å². The molecule has 2 heterocycles. The van der Waals surface area contributed by atoms with Gasteiger partial charge in [0, 0.05) is 54.7 Å². The fourth-order valence-electron chi connectivity index (χ4n) is 6.28. The summed E-state index contributed by atoms with van der Waals surface area (Å²) in [5.74, 6) is 0.485. The average Bonchev–Trinajstić information content (AvgIpc) is 2.95. The lowest BCUT2D eigenvalue weighted by atomic mass is 9.88. The van der Waals surface area contributed by atoms with Crippen molar-refractivity contribution >= 4 is 17.7 Å². The highest BCUT2D eigenvalue weighted by Crippen LogP contribution is 2.34. The number of anilines is 1. The third-order valence-corrected chi connectivity index (χ3v) is 8.38. The van der Waals surface area contributed by atoms with Crippen LogP contribution in [0.1, 0.15) is 92.5 Å². The van der Waals surface area contributed by atoms with Crippen molar-refractivity contribution in [3.8, 4) is 5.88 Å². The molecule has 1 N–H and O–H groups in total. The molecule has 1 fully saturated rings. The van der Waals surface area contributed by atoms with Gasteiger partial charge in [0.2, 0.25) is 5.88 Å². The fourth-order valence-corrected chi connectivity index (χ4v) is 6.28. The highest BCUT2D eigenvalue weighted by Gasteiger charge is 2.32. The summed E-state index contributed by atoms with van der Waals surface area (Å²) in [6.45, 7) is 11.1. The Labute approximate surface area is 251 Å². The maximum Gasteiger partial charge on any atom is 0.410 e. The normalized spacial score (nSPS) is 20.1. The van der Waals surface area contributed by atoms with Crippen molar-refractivity contribution in [1.82, 2.24) is 15.2 Å². The first-order chi connectivity index (χ1) is 20.0. The van der Waals surface area contributed by atoms with E-state index in [1.165, 1.54) is 0 Å². The second-order valence-corrected chi connectivity index (χ2v) is 12.5. The highest BCUT2D eigenvalue weighted by atomic mass is 16.6. The molecule has 4 rings (SSSR count). The van der Waals surface area contributed by atoms with E-state index in [4.69, 9.17) is 9.47 Å². The quantitative estimate of drug-likeness (QED) is 0.416. The van der Waals surface area contributed by atoms with Crippen LogP contribution in [-0.2, 0) is 24.1 Å². The second kappa shape index (κ2) is 13.6. The van der Waals surface area contributed by atoms with Gasteiger partial charge in [-0.2, -0.15) is 0 Å². The van der Waals surface area contributed by atoms with Crippen LogP contribution in [0.2, 0.25) is 0 Å². The largest absolute Gasteiger partial charge is 0.481 e. The zero-order valence-corrected chi connectivity index (χ0v) is 26.5. The van der Waals surface area contributed by atoms with Crippen molar-refractivity contribution < 1.29 is 19.1 Å². The van der Waals surface area contributed by atoms with Crippen LogP contribution in [0.25, 0.3) is 0 Å². The van der Waals surface area contributed by atoms with Crippen molar-refractivity contribution in [2.24, 2.45) is 0 Å². The Morgan fingerprint density at radius 1 is 1.10 bits per heavy atom. The topological polar surface area (TPSA) is 84.0 Å². The van der Waals surface area contributed by atoms with Crippen LogP contribution in [0.4, 0.5) is 10.5 Å². The first kappa shape index (κ1) is 31.4. The summed E-state index contributed by atoms with van der Waals surface area (Å²) in [4.78, 5) is 35.1. The lowest BCUT2D eigenvalue weighted by Crippen LogP contribution is -2.46. The van der Waals surface area contributed by atoms with Crippen LogP contribution in [0, 0.1) is 6.92 Å². The summed E-state index contributed by atoms with van der Waals surface area (Å²) in [7, 11) is 3.48. The number of nitrogens with one attached hydrogen (secondary N) is 1. The Morgan fingerprint density at radius 2 is 1.81 bits per heavy atom. The van der Waals surface area contributed by atoms with Gasteiger partial charge in [-0.15, -0.1) is 0 Å².